The molecule has 1 unspecified atom stereocenters. The molecule has 1 rings (SSSR count). The summed E-state index contributed by atoms with van der Waals surface area (Å²) in [5, 5.41) is 10.2. The Labute approximate surface area is 87.0 Å². The lowest BCUT2D eigenvalue weighted by atomic mass is 9.94. The van der Waals surface area contributed by atoms with E-state index in [0.717, 1.165) is 38.0 Å². The van der Waals surface area contributed by atoms with Crippen LogP contribution in [0.5, 0.6) is 0 Å². The molecule has 0 aromatic heterocycles. The van der Waals surface area contributed by atoms with Crippen molar-refractivity contribution in [1.82, 2.24) is 0 Å². The second kappa shape index (κ2) is 5.40. The van der Waals surface area contributed by atoms with Crippen molar-refractivity contribution < 1.29 is 9.84 Å². The highest BCUT2D eigenvalue weighted by Gasteiger charge is 2.27. The smallest absolute Gasteiger partial charge is 0.123 e. The zero-order chi connectivity index (χ0) is 10.4. The summed E-state index contributed by atoms with van der Waals surface area (Å²) in [4.78, 5) is 0. The van der Waals surface area contributed by atoms with Crippen molar-refractivity contribution in [3.63, 3.8) is 0 Å². The Morgan fingerprint density at radius 2 is 2.29 bits per heavy atom. The van der Waals surface area contributed by atoms with E-state index in [9.17, 15) is 5.11 Å². The Kier molecular flexibility index (Phi) is 4.46. The van der Waals surface area contributed by atoms with Gasteiger partial charge in [0.2, 0.25) is 0 Å². The van der Waals surface area contributed by atoms with Crippen LogP contribution in [-0.2, 0) is 4.74 Å². The molecule has 0 aliphatic carbocycles. The van der Waals surface area contributed by atoms with Gasteiger partial charge in [0.25, 0.3) is 0 Å². The number of aliphatic hydroxyl groups is 1. The third kappa shape index (κ3) is 3.33. The van der Waals surface area contributed by atoms with E-state index in [-0.39, 0.29) is 0 Å². The molecule has 0 spiro atoms. The van der Waals surface area contributed by atoms with Gasteiger partial charge in [-0.25, -0.2) is 0 Å². The quantitative estimate of drug-likeness (QED) is 0.688. The fourth-order valence-electron chi connectivity index (χ4n) is 1.78. The van der Waals surface area contributed by atoms with E-state index in [4.69, 9.17) is 4.74 Å². The maximum Gasteiger partial charge on any atom is 0.123 e. The van der Waals surface area contributed by atoms with Gasteiger partial charge in [-0.1, -0.05) is 26.2 Å². The van der Waals surface area contributed by atoms with E-state index in [1.54, 1.807) is 0 Å². The average molecular weight is 198 g/mol. The van der Waals surface area contributed by atoms with Crippen molar-refractivity contribution in [2.75, 3.05) is 6.61 Å². The summed E-state index contributed by atoms with van der Waals surface area (Å²) in [6.45, 7) is 4.79. The van der Waals surface area contributed by atoms with Gasteiger partial charge in [0.05, 0.1) is 6.61 Å². The Hall–Kier alpha value is -0.500. The van der Waals surface area contributed by atoms with Crippen LogP contribution < -0.4 is 0 Å². The molecule has 82 valence electrons. The molecule has 1 N–H and O–H groups in total. The van der Waals surface area contributed by atoms with Crippen LogP contribution in [0.3, 0.4) is 0 Å². The van der Waals surface area contributed by atoms with Crippen molar-refractivity contribution in [3.05, 3.63) is 11.8 Å². The molecule has 0 saturated carbocycles. The van der Waals surface area contributed by atoms with Crippen molar-refractivity contribution >= 4 is 0 Å². The van der Waals surface area contributed by atoms with E-state index in [1.165, 1.54) is 12.8 Å². The lowest BCUT2D eigenvalue weighted by Gasteiger charge is -2.28. The third-order valence-electron chi connectivity index (χ3n) is 2.73. The maximum atomic E-state index is 10.2. The van der Waals surface area contributed by atoms with Crippen molar-refractivity contribution in [1.29, 1.82) is 0 Å². The molecule has 14 heavy (non-hydrogen) atoms. The number of hydrogen-bond donors (Lipinski definition) is 1. The second-order valence-electron chi connectivity index (χ2n) is 4.29. The molecule has 2 nitrogen and oxygen atoms in total. The van der Waals surface area contributed by atoms with Gasteiger partial charge >= 0.3 is 0 Å². The summed E-state index contributed by atoms with van der Waals surface area (Å²) in [7, 11) is 0. The Bertz CT molecular complexity index is 194. The van der Waals surface area contributed by atoms with Crippen LogP contribution in [0, 0.1) is 0 Å². The van der Waals surface area contributed by atoms with Gasteiger partial charge in [-0.2, -0.15) is 0 Å². The molecule has 0 bridgehead atoms. The fraction of sp³-hybridized carbons (Fsp3) is 0.833. The van der Waals surface area contributed by atoms with Gasteiger partial charge in [-0.15, -0.1) is 0 Å². The average Bonchev–Trinajstić information content (AvgIpc) is 2.19. The summed E-state index contributed by atoms with van der Waals surface area (Å²) in [6.07, 6.45) is 8.42. The van der Waals surface area contributed by atoms with E-state index in [0.29, 0.717) is 0 Å². The minimum absolute atomic E-state index is 0.740. The molecule has 2 heteroatoms. The maximum absolute atomic E-state index is 10.2. The zero-order valence-electron chi connectivity index (χ0n) is 9.38. The number of ether oxygens (including phenoxy) is 1. The molecule has 0 radical (unpaired) electrons. The fourth-order valence-corrected chi connectivity index (χ4v) is 1.78. The normalized spacial score (nSPS) is 20.9. The Morgan fingerprint density at radius 1 is 1.50 bits per heavy atom. The highest BCUT2D eigenvalue weighted by Crippen LogP contribution is 2.27. The molecular formula is C12H22O2. The molecule has 1 atom stereocenters. The first-order valence-electron chi connectivity index (χ1n) is 5.72. The molecular weight excluding hydrogens is 176 g/mol. The first-order chi connectivity index (χ1) is 6.67. The van der Waals surface area contributed by atoms with Gasteiger partial charge < -0.3 is 9.84 Å². The van der Waals surface area contributed by atoms with Crippen LogP contribution in [0.2, 0.25) is 0 Å². The highest BCUT2D eigenvalue weighted by molar-refractivity contribution is 5.09. The molecule has 1 aliphatic rings. The van der Waals surface area contributed by atoms with E-state index < -0.39 is 5.60 Å². The van der Waals surface area contributed by atoms with Gasteiger partial charge in [0.15, 0.2) is 0 Å². The summed E-state index contributed by atoms with van der Waals surface area (Å²) in [5.41, 5.74) is -0.740. The first kappa shape index (κ1) is 11.6. The standard InChI is InChI=1S/C12H22O2/c1-3-4-6-9-12(2,13)11-8-5-7-10-14-11/h8,13H,3-7,9-10H2,1-2H3. The van der Waals surface area contributed by atoms with E-state index in [2.05, 4.69) is 6.92 Å². The molecule has 0 aromatic carbocycles. The first-order valence-corrected chi connectivity index (χ1v) is 5.72. The minimum Gasteiger partial charge on any atom is -0.495 e. The lowest BCUT2D eigenvalue weighted by Crippen LogP contribution is -2.30. The van der Waals surface area contributed by atoms with Crippen LogP contribution in [0.15, 0.2) is 11.8 Å². The zero-order valence-corrected chi connectivity index (χ0v) is 9.38. The monoisotopic (exact) mass is 198 g/mol. The van der Waals surface area contributed by atoms with Crippen molar-refractivity contribution in [2.24, 2.45) is 0 Å². The lowest BCUT2D eigenvalue weighted by molar-refractivity contribution is 0.0103. The largest absolute Gasteiger partial charge is 0.495 e. The number of rotatable bonds is 5. The van der Waals surface area contributed by atoms with Crippen molar-refractivity contribution in [2.45, 2.75) is 58.0 Å². The SMILES string of the molecule is CCCCCC(C)(O)C1=CCCCO1. The van der Waals surface area contributed by atoms with E-state index >= 15 is 0 Å². The molecule has 1 heterocycles. The second-order valence-corrected chi connectivity index (χ2v) is 4.29. The van der Waals surface area contributed by atoms with Crippen LogP contribution in [0.4, 0.5) is 0 Å². The minimum atomic E-state index is -0.740. The van der Waals surface area contributed by atoms with Crippen LogP contribution in [-0.4, -0.2) is 17.3 Å². The summed E-state index contributed by atoms with van der Waals surface area (Å²) in [5.74, 6) is 0.792. The number of hydrogen-bond acceptors (Lipinski definition) is 2. The summed E-state index contributed by atoms with van der Waals surface area (Å²) < 4.78 is 5.48. The summed E-state index contributed by atoms with van der Waals surface area (Å²) >= 11 is 0. The van der Waals surface area contributed by atoms with Gasteiger partial charge in [0.1, 0.15) is 11.4 Å². The topological polar surface area (TPSA) is 29.5 Å². The number of allylic oxidation sites excluding steroid dienone is 1. The predicted molar refractivity (Wildman–Crippen MR) is 58.0 cm³/mol. The molecule has 0 fully saturated rings. The molecule has 0 saturated heterocycles. The Morgan fingerprint density at radius 3 is 2.86 bits per heavy atom. The number of unbranched alkanes of at least 4 members (excludes halogenated alkanes) is 2. The van der Waals surface area contributed by atoms with Gasteiger partial charge in [-0.3, -0.25) is 0 Å². The van der Waals surface area contributed by atoms with Crippen LogP contribution in [0.25, 0.3) is 0 Å². The molecule has 1 aliphatic heterocycles. The predicted octanol–water partition coefficient (Wildman–Crippen LogP) is 3.01. The third-order valence-corrected chi connectivity index (χ3v) is 2.73. The van der Waals surface area contributed by atoms with Gasteiger partial charge in [0, 0.05) is 0 Å². The van der Waals surface area contributed by atoms with Crippen molar-refractivity contribution in [3.8, 4) is 0 Å². The van der Waals surface area contributed by atoms with Gasteiger partial charge in [-0.05, 0) is 32.3 Å². The highest BCUT2D eigenvalue weighted by atomic mass is 16.5. The van der Waals surface area contributed by atoms with E-state index in [1.807, 2.05) is 13.0 Å². The Balaban J connectivity index is 2.41. The van der Waals surface area contributed by atoms with Crippen LogP contribution >= 0.6 is 0 Å². The molecule has 0 amide bonds. The van der Waals surface area contributed by atoms with Crippen LogP contribution in [0.1, 0.15) is 52.4 Å². The summed E-state index contributed by atoms with van der Waals surface area (Å²) in [6, 6.07) is 0. The molecule has 0 aromatic rings.